The molecule has 3 heterocycles. The van der Waals surface area contributed by atoms with Crippen molar-refractivity contribution in [2.24, 2.45) is 0 Å². The number of carbonyl (C=O) groups excluding carboxylic acids is 1. The Labute approximate surface area is 141 Å². The van der Waals surface area contributed by atoms with Crippen molar-refractivity contribution >= 4 is 50.4 Å². The Morgan fingerprint density at radius 2 is 2.05 bits per heavy atom. The van der Waals surface area contributed by atoms with Crippen LogP contribution in [-0.4, -0.2) is 21.5 Å². The van der Waals surface area contributed by atoms with Crippen molar-refractivity contribution in [1.29, 1.82) is 0 Å². The van der Waals surface area contributed by atoms with E-state index in [-0.39, 0.29) is 5.78 Å². The lowest BCUT2D eigenvalue weighted by Crippen LogP contribution is -2.00. The molecule has 3 rings (SSSR count). The molecule has 0 aliphatic carbocycles. The van der Waals surface area contributed by atoms with E-state index in [9.17, 15) is 4.79 Å². The summed E-state index contributed by atoms with van der Waals surface area (Å²) in [4.78, 5) is 25.4. The van der Waals surface area contributed by atoms with Crippen LogP contribution in [0, 0.1) is 13.8 Å². The van der Waals surface area contributed by atoms with Gasteiger partial charge in [-0.15, -0.1) is 22.7 Å². The minimum atomic E-state index is 0.172. The van der Waals surface area contributed by atoms with Gasteiger partial charge in [0.15, 0.2) is 5.78 Å². The van der Waals surface area contributed by atoms with Gasteiger partial charge in [-0.1, -0.05) is 18.7 Å². The number of hydrogen-bond acceptors (Lipinski definition) is 6. The van der Waals surface area contributed by atoms with E-state index in [0.717, 1.165) is 26.5 Å². The van der Waals surface area contributed by atoms with E-state index < -0.39 is 0 Å². The van der Waals surface area contributed by atoms with Crippen molar-refractivity contribution in [3.05, 3.63) is 38.7 Å². The van der Waals surface area contributed by atoms with E-state index in [0.29, 0.717) is 5.75 Å². The van der Waals surface area contributed by atoms with Gasteiger partial charge < -0.3 is 0 Å². The monoisotopic (exact) mass is 348 g/mol. The molecule has 0 spiro atoms. The molecule has 0 N–H and O–H groups in total. The quantitative estimate of drug-likeness (QED) is 0.373. The Kier molecular flexibility index (Phi) is 4.61. The predicted octanol–water partition coefficient (Wildman–Crippen LogP) is 4.91. The van der Waals surface area contributed by atoms with Crippen molar-refractivity contribution in [3.63, 3.8) is 0 Å². The Bertz CT molecular complexity index is 835. The highest BCUT2D eigenvalue weighted by Crippen LogP contribution is 2.34. The Hall–Kier alpha value is -1.24. The number of rotatable bonds is 5. The molecule has 0 saturated carbocycles. The van der Waals surface area contributed by atoms with Crippen molar-refractivity contribution in [2.45, 2.75) is 32.2 Å². The van der Waals surface area contributed by atoms with Crippen LogP contribution in [0.15, 0.2) is 23.5 Å². The Morgan fingerprint density at radius 1 is 1.23 bits per heavy atom. The van der Waals surface area contributed by atoms with Crippen molar-refractivity contribution < 1.29 is 4.79 Å². The summed E-state index contributed by atoms with van der Waals surface area (Å²) in [6, 6.07) is 3.97. The van der Waals surface area contributed by atoms with Crippen LogP contribution in [0.3, 0.4) is 0 Å². The number of hydrogen-bond donors (Lipinski definition) is 0. The van der Waals surface area contributed by atoms with E-state index >= 15 is 0 Å². The van der Waals surface area contributed by atoms with Gasteiger partial charge in [-0.25, -0.2) is 9.97 Å². The second-order valence-electron chi connectivity index (χ2n) is 4.97. The fraction of sp³-hybridized carbons (Fsp3) is 0.312. The number of thioether (sulfide) groups is 1. The van der Waals surface area contributed by atoms with Gasteiger partial charge in [0.1, 0.15) is 16.2 Å². The fourth-order valence-electron chi connectivity index (χ4n) is 2.18. The molecule has 3 aromatic heterocycles. The number of ketones is 1. The molecule has 0 unspecified atom stereocenters. The standard InChI is InChI=1S/C16H16N2OS3/c1-4-11-5-6-13(22-11)12(19)7-20-15-14-9(2)10(3)21-16(14)18-8-17-15/h5-6,8H,4,7H2,1-3H3. The van der Waals surface area contributed by atoms with Crippen molar-refractivity contribution in [2.75, 3.05) is 5.75 Å². The van der Waals surface area contributed by atoms with Crippen LogP contribution in [0.1, 0.15) is 31.9 Å². The van der Waals surface area contributed by atoms with Gasteiger partial charge >= 0.3 is 0 Å². The molecule has 0 bridgehead atoms. The van der Waals surface area contributed by atoms with E-state index in [4.69, 9.17) is 0 Å². The molecule has 0 aliphatic rings. The topological polar surface area (TPSA) is 42.9 Å². The first-order valence-corrected chi connectivity index (χ1v) is 9.67. The normalized spacial score (nSPS) is 11.2. The number of aryl methyl sites for hydroxylation is 3. The molecule has 0 saturated heterocycles. The molecule has 3 nitrogen and oxygen atoms in total. The number of nitrogens with zero attached hydrogens (tertiary/aromatic N) is 2. The molecular formula is C16H16N2OS3. The Morgan fingerprint density at radius 3 is 2.77 bits per heavy atom. The summed E-state index contributed by atoms with van der Waals surface area (Å²) in [5.41, 5.74) is 1.22. The molecule has 3 aromatic rings. The van der Waals surface area contributed by atoms with Crippen molar-refractivity contribution in [1.82, 2.24) is 9.97 Å². The van der Waals surface area contributed by atoms with Gasteiger partial charge in [-0.2, -0.15) is 0 Å². The van der Waals surface area contributed by atoms with Crippen LogP contribution in [-0.2, 0) is 6.42 Å². The molecule has 0 aliphatic heterocycles. The largest absolute Gasteiger partial charge is 0.292 e. The van der Waals surface area contributed by atoms with Gasteiger partial charge in [-0.3, -0.25) is 4.79 Å². The molecule has 0 aromatic carbocycles. The maximum absolute atomic E-state index is 12.3. The minimum absolute atomic E-state index is 0.172. The first-order valence-electron chi connectivity index (χ1n) is 7.05. The fourth-order valence-corrected chi connectivity index (χ4v) is 5.16. The van der Waals surface area contributed by atoms with E-state index in [1.165, 1.54) is 27.1 Å². The Balaban J connectivity index is 1.80. The zero-order valence-electron chi connectivity index (χ0n) is 12.7. The van der Waals surface area contributed by atoms with Gasteiger partial charge in [0.25, 0.3) is 0 Å². The number of aromatic nitrogens is 2. The highest BCUT2D eigenvalue weighted by molar-refractivity contribution is 8.00. The molecular weight excluding hydrogens is 332 g/mol. The lowest BCUT2D eigenvalue weighted by molar-refractivity contribution is 0.102. The first-order chi connectivity index (χ1) is 10.6. The molecule has 114 valence electrons. The molecule has 0 fully saturated rings. The zero-order chi connectivity index (χ0) is 15.7. The lowest BCUT2D eigenvalue weighted by Gasteiger charge is -2.02. The lowest BCUT2D eigenvalue weighted by atomic mass is 10.2. The number of fused-ring (bicyclic) bond motifs is 1. The average Bonchev–Trinajstić information content (AvgIpc) is 3.11. The summed E-state index contributed by atoms with van der Waals surface area (Å²) in [5.74, 6) is 0.593. The molecule has 22 heavy (non-hydrogen) atoms. The van der Waals surface area contributed by atoms with Gasteiger partial charge in [0, 0.05) is 15.1 Å². The summed E-state index contributed by atoms with van der Waals surface area (Å²) in [5, 5.41) is 2.01. The second-order valence-corrected chi connectivity index (χ2v) is 8.31. The van der Waals surface area contributed by atoms with Crippen LogP contribution in [0.2, 0.25) is 0 Å². The third-order valence-corrected chi connectivity index (χ3v) is 6.93. The molecule has 6 heteroatoms. The summed E-state index contributed by atoms with van der Waals surface area (Å²) >= 11 is 4.79. The highest BCUT2D eigenvalue weighted by atomic mass is 32.2. The first kappa shape index (κ1) is 15.6. The van der Waals surface area contributed by atoms with Gasteiger partial charge in [-0.05, 0) is 38.0 Å². The third kappa shape index (κ3) is 2.95. The second kappa shape index (κ2) is 6.48. The number of carbonyl (C=O) groups is 1. The van der Waals surface area contributed by atoms with Crippen LogP contribution in [0.4, 0.5) is 0 Å². The molecule has 0 radical (unpaired) electrons. The summed E-state index contributed by atoms with van der Waals surface area (Å²) in [6.45, 7) is 6.30. The van der Waals surface area contributed by atoms with Crippen molar-refractivity contribution in [3.8, 4) is 0 Å². The van der Waals surface area contributed by atoms with Gasteiger partial charge in [0.2, 0.25) is 0 Å². The van der Waals surface area contributed by atoms with Crippen LogP contribution in [0.5, 0.6) is 0 Å². The van der Waals surface area contributed by atoms with Crippen LogP contribution < -0.4 is 0 Å². The van der Waals surface area contributed by atoms with Crippen LogP contribution in [0.25, 0.3) is 10.2 Å². The molecule has 0 amide bonds. The maximum Gasteiger partial charge on any atom is 0.183 e. The SMILES string of the molecule is CCc1ccc(C(=O)CSc2ncnc3sc(C)c(C)c23)s1. The summed E-state index contributed by atoms with van der Waals surface area (Å²) < 4.78 is 0. The average molecular weight is 349 g/mol. The predicted molar refractivity (Wildman–Crippen MR) is 95.6 cm³/mol. The minimum Gasteiger partial charge on any atom is -0.292 e. The summed E-state index contributed by atoms with van der Waals surface area (Å²) in [7, 11) is 0. The van der Waals surface area contributed by atoms with E-state index in [1.54, 1.807) is 29.0 Å². The highest BCUT2D eigenvalue weighted by Gasteiger charge is 2.15. The van der Waals surface area contributed by atoms with E-state index in [1.807, 2.05) is 12.1 Å². The number of Topliss-reactive ketones (excluding diaryl/α,β-unsaturated/α-hetero) is 1. The van der Waals surface area contributed by atoms with E-state index in [2.05, 4.69) is 30.7 Å². The summed E-state index contributed by atoms with van der Waals surface area (Å²) in [6.07, 6.45) is 2.57. The smallest absolute Gasteiger partial charge is 0.183 e. The van der Waals surface area contributed by atoms with Crippen LogP contribution >= 0.6 is 34.4 Å². The number of thiophene rings is 2. The maximum atomic E-state index is 12.3. The third-order valence-electron chi connectivity index (χ3n) is 3.56. The van der Waals surface area contributed by atoms with Gasteiger partial charge in [0.05, 0.1) is 10.6 Å². The molecule has 0 atom stereocenters. The zero-order valence-corrected chi connectivity index (χ0v) is 15.1.